The van der Waals surface area contributed by atoms with Crippen molar-refractivity contribution in [1.82, 2.24) is 5.32 Å². The molecule has 1 fully saturated rings. The molecule has 0 atom stereocenters. The molecule has 0 bridgehead atoms. The predicted molar refractivity (Wildman–Crippen MR) is 111 cm³/mol. The number of benzene rings is 1. The van der Waals surface area contributed by atoms with Crippen LogP contribution in [-0.4, -0.2) is 25.0 Å². The van der Waals surface area contributed by atoms with Crippen molar-refractivity contribution >= 4 is 41.5 Å². The van der Waals surface area contributed by atoms with Crippen LogP contribution in [0.5, 0.6) is 0 Å². The molecule has 0 radical (unpaired) electrons. The van der Waals surface area contributed by atoms with E-state index >= 15 is 0 Å². The van der Waals surface area contributed by atoms with Crippen LogP contribution in [0.4, 0.5) is 5.69 Å². The molecule has 0 aromatic heterocycles. The number of carbonyl (C=O) groups excluding carboxylic acids is 1. The highest BCUT2D eigenvalue weighted by atomic mass is 127. The molecule has 1 aromatic carbocycles. The molecule has 5 nitrogen and oxygen atoms in total. The summed E-state index contributed by atoms with van der Waals surface area (Å²) in [5.74, 6) is 1.09. The molecule has 0 aliphatic heterocycles. The maximum absolute atomic E-state index is 11.8. The van der Waals surface area contributed by atoms with Crippen molar-refractivity contribution in [1.29, 1.82) is 0 Å². The van der Waals surface area contributed by atoms with Gasteiger partial charge >= 0.3 is 0 Å². The van der Waals surface area contributed by atoms with Crippen molar-refractivity contribution in [2.45, 2.75) is 45.4 Å². The first kappa shape index (κ1) is 20.7. The zero-order valence-corrected chi connectivity index (χ0v) is 16.7. The molecule has 24 heavy (non-hydrogen) atoms. The number of anilines is 1. The van der Waals surface area contributed by atoms with Gasteiger partial charge in [-0.3, -0.25) is 9.79 Å². The van der Waals surface area contributed by atoms with Gasteiger partial charge in [0, 0.05) is 18.7 Å². The molecule has 4 N–H and O–H groups in total. The lowest BCUT2D eigenvalue weighted by Gasteiger charge is -2.09. The summed E-state index contributed by atoms with van der Waals surface area (Å²) in [5, 5.41) is 5.97. The number of hydrogen-bond acceptors (Lipinski definition) is 2. The van der Waals surface area contributed by atoms with E-state index in [0.29, 0.717) is 31.4 Å². The van der Waals surface area contributed by atoms with Gasteiger partial charge in [0.15, 0.2) is 5.96 Å². The number of amides is 1. The molecular weight excluding hydrogens is 415 g/mol. The average Bonchev–Trinajstić information content (AvgIpc) is 3.05. The molecule has 6 heteroatoms. The zero-order valence-electron chi connectivity index (χ0n) is 14.4. The monoisotopic (exact) mass is 444 g/mol. The number of hydrogen-bond donors (Lipinski definition) is 3. The standard InChI is InChI=1S/C18H28N4O.HI/c1-2-14-7-9-16(10-8-14)22-18(19)21-12-11-20-17(23)13-15-5-3-4-6-15;/h7-10,15H,2-6,11-13H2,1H3,(H,20,23)(H3,19,21,22);1H. The molecule has 1 saturated carbocycles. The maximum atomic E-state index is 11.8. The Bertz CT molecular complexity index is 524. The van der Waals surface area contributed by atoms with Gasteiger partial charge in [0.05, 0.1) is 6.54 Å². The van der Waals surface area contributed by atoms with Gasteiger partial charge in [-0.15, -0.1) is 24.0 Å². The summed E-state index contributed by atoms with van der Waals surface area (Å²) in [5.41, 5.74) is 8.06. The fraction of sp³-hybridized carbons (Fsp3) is 0.556. The number of carbonyl (C=O) groups is 1. The molecule has 1 aliphatic carbocycles. The van der Waals surface area contributed by atoms with E-state index in [4.69, 9.17) is 5.73 Å². The van der Waals surface area contributed by atoms with Crippen molar-refractivity contribution in [2.75, 3.05) is 18.4 Å². The summed E-state index contributed by atoms with van der Waals surface area (Å²) < 4.78 is 0. The van der Waals surface area contributed by atoms with Crippen molar-refractivity contribution in [3.05, 3.63) is 29.8 Å². The second-order valence-electron chi connectivity index (χ2n) is 6.15. The Morgan fingerprint density at radius 1 is 1.25 bits per heavy atom. The van der Waals surface area contributed by atoms with Crippen LogP contribution in [0.3, 0.4) is 0 Å². The van der Waals surface area contributed by atoms with E-state index in [1.54, 1.807) is 0 Å². The average molecular weight is 444 g/mol. The number of nitrogens with zero attached hydrogens (tertiary/aromatic N) is 1. The summed E-state index contributed by atoms with van der Waals surface area (Å²) in [6.45, 7) is 3.14. The van der Waals surface area contributed by atoms with Crippen LogP contribution >= 0.6 is 24.0 Å². The molecule has 1 amide bonds. The van der Waals surface area contributed by atoms with Crippen molar-refractivity contribution < 1.29 is 4.79 Å². The van der Waals surface area contributed by atoms with Crippen molar-refractivity contribution in [3.63, 3.8) is 0 Å². The fourth-order valence-corrected chi connectivity index (χ4v) is 2.93. The van der Waals surface area contributed by atoms with Gasteiger partial charge in [-0.25, -0.2) is 0 Å². The van der Waals surface area contributed by atoms with Crippen LogP contribution in [0, 0.1) is 5.92 Å². The smallest absolute Gasteiger partial charge is 0.220 e. The van der Waals surface area contributed by atoms with E-state index in [1.165, 1.54) is 31.2 Å². The van der Waals surface area contributed by atoms with E-state index in [1.807, 2.05) is 12.1 Å². The number of aryl methyl sites for hydroxylation is 1. The summed E-state index contributed by atoms with van der Waals surface area (Å²) in [7, 11) is 0. The number of guanidine groups is 1. The summed E-state index contributed by atoms with van der Waals surface area (Å²) in [4.78, 5) is 16.0. The summed E-state index contributed by atoms with van der Waals surface area (Å²) in [6.07, 6.45) is 6.59. The van der Waals surface area contributed by atoms with Gasteiger partial charge in [0.1, 0.15) is 0 Å². The highest BCUT2D eigenvalue weighted by Crippen LogP contribution is 2.27. The molecule has 0 spiro atoms. The van der Waals surface area contributed by atoms with Crippen LogP contribution in [0.15, 0.2) is 29.3 Å². The number of nitrogens with two attached hydrogens (primary N) is 1. The number of rotatable bonds is 7. The van der Waals surface area contributed by atoms with Crippen LogP contribution in [0.25, 0.3) is 0 Å². The highest BCUT2D eigenvalue weighted by Gasteiger charge is 2.17. The maximum Gasteiger partial charge on any atom is 0.220 e. The molecular formula is C18H29IN4O. The normalized spacial score (nSPS) is 15.0. The number of aliphatic imine (C=N–C) groups is 1. The molecule has 2 rings (SSSR count). The van der Waals surface area contributed by atoms with Gasteiger partial charge in [-0.2, -0.15) is 0 Å². The Morgan fingerprint density at radius 3 is 2.54 bits per heavy atom. The Kier molecular flexibility index (Phi) is 9.75. The molecule has 0 saturated heterocycles. The first-order chi connectivity index (χ1) is 11.2. The van der Waals surface area contributed by atoms with Gasteiger partial charge < -0.3 is 16.4 Å². The van der Waals surface area contributed by atoms with Crippen LogP contribution in [0.2, 0.25) is 0 Å². The predicted octanol–water partition coefficient (Wildman–Crippen LogP) is 3.29. The second kappa shape index (κ2) is 11.3. The van der Waals surface area contributed by atoms with Gasteiger partial charge in [0.25, 0.3) is 0 Å². The summed E-state index contributed by atoms with van der Waals surface area (Å²) in [6, 6.07) is 8.12. The van der Waals surface area contributed by atoms with E-state index in [-0.39, 0.29) is 29.9 Å². The minimum atomic E-state index is 0. The van der Waals surface area contributed by atoms with Gasteiger partial charge in [-0.1, -0.05) is 31.9 Å². The second-order valence-corrected chi connectivity index (χ2v) is 6.15. The molecule has 0 heterocycles. The van der Waals surface area contributed by atoms with E-state index in [9.17, 15) is 4.79 Å². The first-order valence-corrected chi connectivity index (χ1v) is 8.60. The quantitative estimate of drug-likeness (QED) is 0.261. The zero-order chi connectivity index (χ0) is 16.5. The van der Waals surface area contributed by atoms with E-state index in [0.717, 1.165) is 12.1 Å². The Balaban J connectivity index is 0.00000288. The minimum Gasteiger partial charge on any atom is -0.370 e. The van der Waals surface area contributed by atoms with Crippen LogP contribution in [0.1, 0.15) is 44.6 Å². The lowest BCUT2D eigenvalue weighted by molar-refractivity contribution is -0.121. The van der Waals surface area contributed by atoms with Crippen LogP contribution in [-0.2, 0) is 11.2 Å². The highest BCUT2D eigenvalue weighted by molar-refractivity contribution is 14.0. The lowest BCUT2D eigenvalue weighted by Crippen LogP contribution is -2.29. The molecule has 0 unspecified atom stereocenters. The third-order valence-electron chi connectivity index (χ3n) is 4.30. The first-order valence-electron chi connectivity index (χ1n) is 8.60. The van der Waals surface area contributed by atoms with Gasteiger partial charge in [0.2, 0.25) is 5.91 Å². The third-order valence-corrected chi connectivity index (χ3v) is 4.30. The molecule has 1 aliphatic rings. The van der Waals surface area contributed by atoms with E-state index < -0.39 is 0 Å². The topological polar surface area (TPSA) is 79.5 Å². The largest absolute Gasteiger partial charge is 0.370 e. The minimum absolute atomic E-state index is 0. The summed E-state index contributed by atoms with van der Waals surface area (Å²) >= 11 is 0. The van der Waals surface area contributed by atoms with Crippen LogP contribution < -0.4 is 16.4 Å². The van der Waals surface area contributed by atoms with Gasteiger partial charge in [-0.05, 0) is 42.9 Å². The molecule has 134 valence electrons. The van der Waals surface area contributed by atoms with Crippen molar-refractivity contribution in [2.24, 2.45) is 16.6 Å². The Labute approximate surface area is 161 Å². The number of nitrogens with one attached hydrogen (secondary N) is 2. The Morgan fingerprint density at radius 2 is 1.92 bits per heavy atom. The fourth-order valence-electron chi connectivity index (χ4n) is 2.93. The molecule has 1 aromatic rings. The lowest BCUT2D eigenvalue weighted by atomic mass is 10.0. The number of halogens is 1. The van der Waals surface area contributed by atoms with E-state index in [2.05, 4.69) is 34.7 Å². The third kappa shape index (κ3) is 7.51. The SMILES string of the molecule is CCc1ccc(NC(N)=NCCNC(=O)CC2CCCC2)cc1.I. The van der Waals surface area contributed by atoms with Crippen molar-refractivity contribution in [3.8, 4) is 0 Å². The Hall–Kier alpha value is -1.31.